The third-order valence-corrected chi connectivity index (χ3v) is 2.63. The van der Waals surface area contributed by atoms with E-state index < -0.39 is 0 Å². The van der Waals surface area contributed by atoms with Crippen LogP contribution < -0.4 is 0 Å². The van der Waals surface area contributed by atoms with Crippen LogP contribution >= 0.6 is 0 Å². The summed E-state index contributed by atoms with van der Waals surface area (Å²) >= 11 is 0. The molecule has 2 aromatic carbocycles. The summed E-state index contributed by atoms with van der Waals surface area (Å²) in [5, 5.41) is 18.3. The highest BCUT2D eigenvalue weighted by Crippen LogP contribution is 2.28. The Morgan fingerprint density at radius 3 is 2.71 bits per heavy atom. The van der Waals surface area contributed by atoms with Gasteiger partial charge in [0.1, 0.15) is 11.6 Å². The topological polar surface area (TPSA) is 44.0 Å². The molecule has 0 atom stereocenters. The van der Waals surface area contributed by atoms with Gasteiger partial charge in [-0.3, -0.25) is 0 Å². The number of nitrogens with zero attached hydrogens (tertiary/aromatic N) is 1. The number of nitriles is 1. The normalized spacial score (nSPS) is 9.94. The van der Waals surface area contributed by atoms with E-state index in [2.05, 4.69) is 0 Å². The van der Waals surface area contributed by atoms with E-state index in [0.717, 1.165) is 0 Å². The third kappa shape index (κ3) is 2.11. The van der Waals surface area contributed by atoms with Crippen LogP contribution in [0.2, 0.25) is 0 Å². The van der Waals surface area contributed by atoms with Gasteiger partial charge >= 0.3 is 0 Å². The van der Waals surface area contributed by atoms with Crippen LogP contribution in [0, 0.1) is 24.1 Å². The van der Waals surface area contributed by atoms with Gasteiger partial charge in [0.25, 0.3) is 0 Å². The lowest BCUT2D eigenvalue weighted by molar-refractivity contribution is 0.475. The standard InChI is InChI=1S/C14H10FNO/c1-9-13(3-2-4-14(9)15)11-5-10(8-16)6-12(17)7-11/h2-7,17H,1H3. The molecule has 0 aliphatic heterocycles. The molecular formula is C14H10FNO. The van der Waals surface area contributed by atoms with Crippen LogP contribution in [0.15, 0.2) is 36.4 Å². The first-order valence-electron chi connectivity index (χ1n) is 5.11. The quantitative estimate of drug-likeness (QED) is 0.811. The van der Waals surface area contributed by atoms with E-state index in [1.54, 1.807) is 25.1 Å². The molecule has 1 N–H and O–H groups in total. The van der Waals surface area contributed by atoms with Gasteiger partial charge in [-0.05, 0) is 47.9 Å². The molecule has 0 aliphatic carbocycles. The molecule has 0 aliphatic rings. The fraction of sp³-hybridized carbons (Fsp3) is 0.0714. The number of benzene rings is 2. The maximum Gasteiger partial charge on any atom is 0.126 e. The van der Waals surface area contributed by atoms with Crippen molar-refractivity contribution in [1.29, 1.82) is 5.26 Å². The maximum atomic E-state index is 13.4. The molecule has 0 spiro atoms. The van der Waals surface area contributed by atoms with Crippen LogP contribution in [-0.2, 0) is 0 Å². The number of hydrogen-bond donors (Lipinski definition) is 1. The Hall–Kier alpha value is -2.34. The van der Waals surface area contributed by atoms with Crippen LogP contribution in [0.4, 0.5) is 4.39 Å². The van der Waals surface area contributed by atoms with Crippen molar-refractivity contribution in [1.82, 2.24) is 0 Å². The van der Waals surface area contributed by atoms with E-state index in [1.807, 2.05) is 6.07 Å². The van der Waals surface area contributed by atoms with Gasteiger partial charge in [-0.25, -0.2) is 4.39 Å². The molecule has 17 heavy (non-hydrogen) atoms. The van der Waals surface area contributed by atoms with Gasteiger partial charge in [0, 0.05) is 0 Å². The van der Waals surface area contributed by atoms with Gasteiger partial charge in [0.2, 0.25) is 0 Å². The van der Waals surface area contributed by atoms with Gasteiger partial charge in [0.05, 0.1) is 11.6 Å². The molecule has 0 fully saturated rings. The summed E-state index contributed by atoms with van der Waals surface area (Å²) in [4.78, 5) is 0. The highest BCUT2D eigenvalue weighted by molar-refractivity contribution is 5.70. The molecule has 0 amide bonds. The predicted octanol–water partition coefficient (Wildman–Crippen LogP) is 3.38. The highest BCUT2D eigenvalue weighted by atomic mass is 19.1. The fourth-order valence-corrected chi connectivity index (χ4v) is 1.75. The minimum absolute atomic E-state index is 0.00251. The zero-order valence-electron chi connectivity index (χ0n) is 9.24. The van der Waals surface area contributed by atoms with Crippen molar-refractivity contribution < 1.29 is 9.50 Å². The SMILES string of the molecule is Cc1c(F)cccc1-c1cc(O)cc(C#N)c1. The lowest BCUT2D eigenvalue weighted by Crippen LogP contribution is -1.88. The van der Waals surface area contributed by atoms with Crippen LogP contribution in [0.5, 0.6) is 5.75 Å². The van der Waals surface area contributed by atoms with Gasteiger partial charge in [-0.15, -0.1) is 0 Å². The minimum Gasteiger partial charge on any atom is -0.508 e. The Balaban J connectivity index is 2.65. The van der Waals surface area contributed by atoms with Gasteiger partial charge in [-0.2, -0.15) is 5.26 Å². The number of hydrogen-bond acceptors (Lipinski definition) is 2. The first-order chi connectivity index (χ1) is 8.11. The van der Waals surface area contributed by atoms with Gasteiger partial charge in [0.15, 0.2) is 0 Å². The Kier molecular flexibility index (Phi) is 2.80. The van der Waals surface area contributed by atoms with Crippen molar-refractivity contribution in [2.75, 3.05) is 0 Å². The second kappa shape index (κ2) is 4.26. The van der Waals surface area contributed by atoms with E-state index in [1.165, 1.54) is 18.2 Å². The van der Waals surface area contributed by atoms with Gasteiger partial charge in [-0.1, -0.05) is 12.1 Å². The van der Waals surface area contributed by atoms with Crippen molar-refractivity contribution in [3.8, 4) is 22.9 Å². The summed E-state index contributed by atoms with van der Waals surface area (Å²) in [5.41, 5.74) is 2.17. The molecule has 0 radical (unpaired) electrons. The van der Waals surface area contributed by atoms with E-state index in [-0.39, 0.29) is 11.6 Å². The smallest absolute Gasteiger partial charge is 0.126 e. The van der Waals surface area contributed by atoms with Crippen molar-refractivity contribution in [2.45, 2.75) is 6.92 Å². The Morgan fingerprint density at radius 2 is 2.00 bits per heavy atom. The first-order valence-corrected chi connectivity index (χ1v) is 5.11. The molecular weight excluding hydrogens is 217 g/mol. The molecule has 2 rings (SSSR count). The maximum absolute atomic E-state index is 13.4. The molecule has 0 bridgehead atoms. The average molecular weight is 227 g/mol. The van der Waals surface area contributed by atoms with E-state index in [9.17, 15) is 9.50 Å². The lowest BCUT2D eigenvalue weighted by atomic mass is 9.98. The molecule has 0 saturated heterocycles. The second-order valence-corrected chi connectivity index (χ2v) is 3.79. The van der Waals surface area contributed by atoms with Crippen LogP contribution in [-0.4, -0.2) is 5.11 Å². The largest absolute Gasteiger partial charge is 0.508 e. The van der Waals surface area contributed by atoms with E-state index in [0.29, 0.717) is 22.3 Å². The first kappa shape index (κ1) is 11.2. The van der Waals surface area contributed by atoms with Crippen molar-refractivity contribution in [3.63, 3.8) is 0 Å². The molecule has 2 aromatic rings. The Labute approximate surface area is 98.6 Å². The summed E-state index contributed by atoms with van der Waals surface area (Å²) in [5.74, 6) is -0.299. The zero-order chi connectivity index (χ0) is 12.4. The minimum atomic E-state index is -0.302. The summed E-state index contributed by atoms with van der Waals surface area (Å²) in [6.45, 7) is 1.67. The monoisotopic (exact) mass is 227 g/mol. The van der Waals surface area contributed by atoms with Crippen molar-refractivity contribution in [2.24, 2.45) is 0 Å². The van der Waals surface area contributed by atoms with Crippen LogP contribution in [0.25, 0.3) is 11.1 Å². The summed E-state index contributed by atoms with van der Waals surface area (Å²) in [6.07, 6.45) is 0. The average Bonchev–Trinajstić information content (AvgIpc) is 2.31. The van der Waals surface area contributed by atoms with Crippen LogP contribution in [0.1, 0.15) is 11.1 Å². The molecule has 0 aromatic heterocycles. The Bertz CT molecular complexity index is 614. The van der Waals surface area contributed by atoms with E-state index >= 15 is 0 Å². The Morgan fingerprint density at radius 1 is 1.24 bits per heavy atom. The van der Waals surface area contributed by atoms with Crippen LogP contribution in [0.3, 0.4) is 0 Å². The lowest BCUT2D eigenvalue weighted by Gasteiger charge is -2.07. The highest BCUT2D eigenvalue weighted by Gasteiger charge is 2.08. The number of rotatable bonds is 1. The van der Waals surface area contributed by atoms with Gasteiger partial charge < -0.3 is 5.11 Å². The number of phenols is 1. The molecule has 0 saturated carbocycles. The molecule has 84 valence electrons. The van der Waals surface area contributed by atoms with E-state index in [4.69, 9.17) is 5.26 Å². The molecule has 0 heterocycles. The number of halogens is 1. The molecule has 2 nitrogen and oxygen atoms in total. The summed E-state index contributed by atoms with van der Waals surface area (Å²) in [6, 6.07) is 11.2. The molecule has 0 unspecified atom stereocenters. The molecule has 3 heteroatoms. The number of aromatic hydroxyl groups is 1. The van der Waals surface area contributed by atoms with Crippen molar-refractivity contribution >= 4 is 0 Å². The number of phenolic OH excluding ortho intramolecular Hbond substituents is 1. The second-order valence-electron chi connectivity index (χ2n) is 3.79. The fourth-order valence-electron chi connectivity index (χ4n) is 1.75. The summed E-state index contributed by atoms with van der Waals surface area (Å²) < 4.78 is 13.4. The zero-order valence-corrected chi connectivity index (χ0v) is 9.24. The van der Waals surface area contributed by atoms with Crippen molar-refractivity contribution in [3.05, 3.63) is 53.3 Å². The predicted molar refractivity (Wildman–Crippen MR) is 63.0 cm³/mol. The third-order valence-electron chi connectivity index (χ3n) is 2.63. The summed E-state index contributed by atoms with van der Waals surface area (Å²) in [7, 11) is 0.